The number of aliphatic hydroxyl groups is 1. The molecule has 4 heterocycles. The first-order valence-electron chi connectivity index (χ1n) is 11.1. The van der Waals surface area contributed by atoms with Crippen molar-refractivity contribution in [2.45, 2.75) is 65.2 Å². The van der Waals surface area contributed by atoms with Crippen LogP contribution in [0.3, 0.4) is 0 Å². The largest absolute Gasteiger partial charge is 0.458 e. The molecule has 2 aliphatic heterocycles. The Morgan fingerprint density at radius 3 is 2.72 bits per heavy atom. The standard InChI is InChI=1S/C25H25FN2O4/c1-4-6-7-14-15-8-13(3)19(26)10-20(15)27-22-16(14)11-28-21(22)9-18-17(23(28)29)12-32-24(30)25(18,31)5-2/h8-10,31H,4-7,11-12H2,1-3H3/t25-/m0/s1. The maximum absolute atomic E-state index is 14.4. The lowest BCUT2D eigenvalue weighted by atomic mass is 9.86. The lowest BCUT2D eigenvalue weighted by Crippen LogP contribution is -2.44. The van der Waals surface area contributed by atoms with Crippen LogP contribution in [0.2, 0.25) is 0 Å². The molecule has 2 aliphatic rings. The van der Waals surface area contributed by atoms with Gasteiger partial charge >= 0.3 is 5.97 Å². The van der Waals surface area contributed by atoms with Gasteiger partial charge in [0.05, 0.1) is 29.0 Å². The van der Waals surface area contributed by atoms with Crippen LogP contribution in [0.5, 0.6) is 0 Å². The van der Waals surface area contributed by atoms with E-state index in [-0.39, 0.29) is 30.0 Å². The number of carbonyl (C=O) groups excluding carboxylic acids is 1. The summed E-state index contributed by atoms with van der Waals surface area (Å²) in [6.07, 6.45) is 2.85. The number of fused-ring (bicyclic) bond motifs is 5. The van der Waals surface area contributed by atoms with Gasteiger partial charge in [0.1, 0.15) is 12.4 Å². The van der Waals surface area contributed by atoms with Crippen LogP contribution in [-0.4, -0.2) is 20.6 Å². The number of unbranched alkanes of at least 4 members (excludes halogenated alkanes) is 1. The van der Waals surface area contributed by atoms with Crippen LogP contribution >= 0.6 is 0 Å². The predicted octanol–water partition coefficient (Wildman–Crippen LogP) is 3.87. The molecule has 2 aromatic heterocycles. The van der Waals surface area contributed by atoms with Gasteiger partial charge in [-0.25, -0.2) is 14.2 Å². The van der Waals surface area contributed by atoms with Gasteiger partial charge < -0.3 is 14.4 Å². The number of halogens is 1. The number of cyclic esters (lactones) is 1. The van der Waals surface area contributed by atoms with E-state index >= 15 is 0 Å². The second-order valence-corrected chi connectivity index (χ2v) is 8.74. The average molecular weight is 436 g/mol. The Hall–Kier alpha value is -3.06. The van der Waals surface area contributed by atoms with Crippen molar-refractivity contribution in [2.24, 2.45) is 0 Å². The van der Waals surface area contributed by atoms with E-state index in [0.717, 1.165) is 35.8 Å². The number of benzene rings is 1. The summed E-state index contributed by atoms with van der Waals surface area (Å²) < 4.78 is 21.1. The van der Waals surface area contributed by atoms with Crippen molar-refractivity contribution in [3.05, 3.63) is 62.2 Å². The van der Waals surface area contributed by atoms with Crippen LogP contribution < -0.4 is 5.56 Å². The van der Waals surface area contributed by atoms with E-state index < -0.39 is 11.6 Å². The van der Waals surface area contributed by atoms with Crippen molar-refractivity contribution in [1.29, 1.82) is 0 Å². The maximum atomic E-state index is 14.4. The smallest absolute Gasteiger partial charge is 0.343 e. The highest BCUT2D eigenvalue weighted by Gasteiger charge is 2.45. The van der Waals surface area contributed by atoms with Crippen LogP contribution in [-0.2, 0) is 34.7 Å². The molecule has 32 heavy (non-hydrogen) atoms. The summed E-state index contributed by atoms with van der Waals surface area (Å²) in [5.74, 6) is -1.07. The van der Waals surface area contributed by atoms with E-state index in [1.54, 1.807) is 24.5 Å². The Bertz CT molecular complexity index is 1360. The summed E-state index contributed by atoms with van der Waals surface area (Å²) in [5, 5.41) is 11.9. The molecule has 0 fully saturated rings. The second-order valence-electron chi connectivity index (χ2n) is 8.74. The molecule has 0 saturated heterocycles. The van der Waals surface area contributed by atoms with Gasteiger partial charge in [-0.05, 0) is 49.4 Å². The first-order chi connectivity index (χ1) is 15.3. The zero-order valence-electron chi connectivity index (χ0n) is 18.4. The lowest BCUT2D eigenvalue weighted by Gasteiger charge is -2.31. The number of aryl methyl sites for hydroxylation is 2. The number of esters is 1. The SMILES string of the molecule is CCCCc1c2c(nc3cc(F)c(C)cc13)-c1cc3c(c(=O)n1C2)COC(=O)[C@]3(O)CC. The summed E-state index contributed by atoms with van der Waals surface area (Å²) in [7, 11) is 0. The van der Waals surface area contributed by atoms with E-state index in [0.29, 0.717) is 34.6 Å². The van der Waals surface area contributed by atoms with Crippen LogP contribution in [0.15, 0.2) is 23.0 Å². The molecule has 0 amide bonds. The highest BCUT2D eigenvalue weighted by Crippen LogP contribution is 2.40. The quantitative estimate of drug-likeness (QED) is 0.491. The molecular weight excluding hydrogens is 411 g/mol. The fourth-order valence-electron chi connectivity index (χ4n) is 4.93. The summed E-state index contributed by atoms with van der Waals surface area (Å²) in [5.41, 5.74) is 2.72. The molecule has 1 N–H and O–H groups in total. The molecule has 7 heteroatoms. The number of hydrogen-bond acceptors (Lipinski definition) is 5. The zero-order chi connectivity index (χ0) is 22.8. The lowest BCUT2D eigenvalue weighted by molar-refractivity contribution is -0.172. The molecule has 3 aromatic rings. The van der Waals surface area contributed by atoms with Crippen molar-refractivity contribution < 1.29 is 19.0 Å². The molecular formula is C25H25FN2O4. The van der Waals surface area contributed by atoms with Crippen LogP contribution in [0, 0.1) is 12.7 Å². The molecule has 6 nitrogen and oxygen atoms in total. The monoisotopic (exact) mass is 436 g/mol. The minimum atomic E-state index is -1.86. The number of ether oxygens (including phenoxy) is 1. The zero-order valence-corrected chi connectivity index (χ0v) is 18.4. The van der Waals surface area contributed by atoms with Crippen molar-refractivity contribution in [3.63, 3.8) is 0 Å². The van der Waals surface area contributed by atoms with E-state index in [2.05, 4.69) is 6.92 Å². The van der Waals surface area contributed by atoms with Crippen molar-refractivity contribution in [3.8, 4) is 11.4 Å². The van der Waals surface area contributed by atoms with Gasteiger partial charge in [0.15, 0.2) is 5.60 Å². The van der Waals surface area contributed by atoms with Gasteiger partial charge in [-0.3, -0.25) is 4.79 Å². The third-order valence-corrected chi connectivity index (χ3v) is 6.87. The fourth-order valence-corrected chi connectivity index (χ4v) is 4.93. The summed E-state index contributed by atoms with van der Waals surface area (Å²) in [4.78, 5) is 30.5. The molecule has 0 saturated carbocycles. The van der Waals surface area contributed by atoms with Crippen LogP contribution in [0.1, 0.15) is 60.9 Å². The van der Waals surface area contributed by atoms with E-state index in [1.807, 2.05) is 6.07 Å². The van der Waals surface area contributed by atoms with Crippen molar-refractivity contribution in [2.75, 3.05) is 0 Å². The Morgan fingerprint density at radius 2 is 2.00 bits per heavy atom. The minimum Gasteiger partial charge on any atom is -0.458 e. The van der Waals surface area contributed by atoms with Gasteiger partial charge in [0.2, 0.25) is 0 Å². The van der Waals surface area contributed by atoms with Gasteiger partial charge in [-0.1, -0.05) is 20.3 Å². The van der Waals surface area contributed by atoms with Crippen molar-refractivity contribution in [1.82, 2.24) is 9.55 Å². The van der Waals surface area contributed by atoms with Gasteiger partial charge in [-0.2, -0.15) is 0 Å². The number of carbonyl (C=O) groups is 1. The van der Waals surface area contributed by atoms with Gasteiger partial charge in [0.25, 0.3) is 5.56 Å². The molecule has 0 unspecified atom stereocenters. The molecule has 0 radical (unpaired) electrons. The van der Waals surface area contributed by atoms with Crippen molar-refractivity contribution >= 4 is 16.9 Å². The molecule has 0 bridgehead atoms. The maximum Gasteiger partial charge on any atom is 0.343 e. The Kier molecular flexibility index (Phi) is 4.71. The van der Waals surface area contributed by atoms with Gasteiger partial charge in [0, 0.05) is 22.6 Å². The first kappa shape index (κ1) is 20.8. The summed E-state index contributed by atoms with van der Waals surface area (Å²) in [6.45, 7) is 5.73. The number of nitrogens with zero attached hydrogens (tertiary/aromatic N) is 2. The first-order valence-corrected chi connectivity index (χ1v) is 11.1. The minimum absolute atomic E-state index is 0.0893. The highest BCUT2D eigenvalue weighted by atomic mass is 19.1. The molecule has 0 aliphatic carbocycles. The molecule has 5 rings (SSSR count). The number of aromatic nitrogens is 2. The highest BCUT2D eigenvalue weighted by molar-refractivity contribution is 5.89. The molecule has 0 spiro atoms. The third-order valence-electron chi connectivity index (χ3n) is 6.87. The summed E-state index contributed by atoms with van der Waals surface area (Å²) in [6, 6.07) is 4.97. The fraction of sp³-hybridized carbons (Fsp3) is 0.400. The molecule has 1 aromatic carbocycles. The Morgan fingerprint density at radius 1 is 1.22 bits per heavy atom. The third kappa shape index (κ3) is 2.77. The van der Waals surface area contributed by atoms with Gasteiger partial charge in [-0.15, -0.1) is 0 Å². The Labute approximate surface area is 184 Å². The normalized spacial score (nSPS) is 19.0. The molecule has 1 atom stereocenters. The predicted molar refractivity (Wildman–Crippen MR) is 118 cm³/mol. The van der Waals surface area contributed by atoms with E-state index in [4.69, 9.17) is 9.72 Å². The number of hydrogen-bond donors (Lipinski definition) is 1. The van der Waals surface area contributed by atoms with E-state index in [1.165, 1.54) is 6.07 Å². The molecule has 166 valence electrons. The second kappa shape index (κ2) is 7.24. The Balaban J connectivity index is 1.81. The van der Waals surface area contributed by atoms with Crippen LogP contribution in [0.25, 0.3) is 22.3 Å². The summed E-state index contributed by atoms with van der Waals surface area (Å²) >= 11 is 0. The number of pyridine rings is 2. The average Bonchev–Trinajstić information content (AvgIpc) is 3.14. The topological polar surface area (TPSA) is 81.4 Å². The van der Waals surface area contributed by atoms with E-state index in [9.17, 15) is 19.1 Å². The number of rotatable bonds is 4. The van der Waals surface area contributed by atoms with Crippen LogP contribution in [0.4, 0.5) is 4.39 Å².